The molecule has 4 nitrogen and oxygen atoms in total. The zero-order chi connectivity index (χ0) is 23.6. The summed E-state index contributed by atoms with van der Waals surface area (Å²) in [5, 5.41) is 0. The van der Waals surface area contributed by atoms with Crippen LogP contribution in [0.25, 0.3) is 0 Å². The van der Waals surface area contributed by atoms with E-state index < -0.39 is 79.4 Å². The van der Waals surface area contributed by atoms with E-state index in [4.69, 9.17) is 0 Å². The van der Waals surface area contributed by atoms with Gasteiger partial charge >= 0.3 is 11.9 Å². The third-order valence-electron chi connectivity index (χ3n) is 4.55. The second kappa shape index (κ2) is 8.54. The highest BCUT2D eigenvalue weighted by molar-refractivity contribution is 5.81. The Morgan fingerprint density at radius 1 is 1.00 bits per heavy atom. The zero-order valence-electron chi connectivity index (χ0n) is 15.8. The molecule has 0 aromatic carbocycles. The Hall–Kier alpha value is -2.14. The molecule has 0 spiro atoms. The van der Waals surface area contributed by atoms with E-state index in [1.165, 1.54) is 0 Å². The van der Waals surface area contributed by atoms with Gasteiger partial charge in [-0.1, -0.05) is 13.2 Å². The quantitative estimate of drug-likeness (QED) is 0.296. The lowest BCUT2D eigenvalue weighted by atomic mass is 9.61. The van der Waals surface area contributed by atoms with Crippen LogP contribution in [0.3, 0.4) is 0 Å². The number of alkyl halides is 8. The van der Waals surface area contributed by atoms with Crippen molar-refractivity contribution in [3.05, 3.63) is 25.3 Å². The molecule has 1 fully saturated rings. The van der Waals surface area contributed by atoms with Crippen molar-refractivity contribution >= 4 is 11.9 Å². The molecule has 4 unspecified atom stereocenters. The molecule has 12 heteroatoms. The first-order valence-electron chi connectivity index (χ1n) is 8.50. The van der Waals surface area contributed by atoms with E-state index in [1.54, 1.807) is 0 Å². The summed E-state index contributed by atoms with van der Waals surface area (Å²) in [5.74, 6) is -11.4. The van der Waals surface area contributed by atoms with E-state index in [-0.39, 0.29) is 6.92 Å². The van der Waals surface area contributed by atoms with E-state index in [1.807, 2.05) is 0 Å². The summed E-state index contributed by atoms with van der Waals surface area (Å²) in [6, 6.07) is 0. The summed E-state index contributed by atoms with van der Waals surface area (Å²) < 4.78 is 125. The topological polar surface area (TPSA) is 52.6 Å². The molecule has 172 valence electrons. The summed E-state index contributed by atoms with van der Waals surface area (Å²) in [6.07, 6.45) is -9.37. The standard InChI is InChI=1S/C18H20F8O4/c1-4-12(27)29-6-11(19)18(26)15(22,7-14(3,20)21)8-17(24,25)9-16(18,23)10-30-13(28)5-2/h4-5,11H,1-2,6-10H2,3H3. The van der Waals surface area contributed by atoms with Gasteiger partial charge in [0.15, 0.2) is 17.5 Å². The van der Waals surface area contributed by atoms with Gasteiger partial charge in [-0.25, -0.2) is 44.7 Å². The van der Waals surface area contributed by atoms with Crippen molar-refractivity contribution in [3.63, 3.8) is 0 Å². The third kappa shape index (κ3) is 5.31. The minimum absolute atomic E-state index is 0.0458. The monoisotopic (exact) mass is 452 g/mol. The fraction of sp³-hybridized carbons (Fsp3) is 0.667. The largest absolute Gasteiger partial charge is 0.459 e. The third-order valence-corrected chi connectivity index (χ3v) is 4.55. The van der Waals surface area contributed by atoms with Crippen molar-refractivity contribution in [3.8, 4) is 0 Å². The fourth-order valence-corrected chi connectivity index (χ4v) is 3.52. The normalized spacial score (nSPS) is 32.0. The summed E-state index contributed by atoms with van der Waals surface area (Å²) >= 11 is 0. The van der Waals surface area contributed by atoms with Crippen molar-refractivity contribution in [1.29, 1.82) is 0 Å². The van der Waals surface area contributed by atoms with Gasteiger partial charge < -0.3 is 9.47 Å². The number of carbonyl (C=O) groups excluding carboxylic acids is 2. The molecule has 1 saturated carbocycles. The highest BCUT2D eigenvalue weighted by Gasteiger charge is 2.79. The SMILES string of the molecule is C=CC(=O)OCC(F)C1(F)C(F)(COC(=O)C=C)CC(F)(F)CC1(F)CC(C)(F)F. The molecule has 1 rings (SSSR count). The van der Waals surface area contributed by atoms with E-state index in [0.29, 0.717) is 12.2 Å². The molecule has 0 heterocycles. The Balaban J connectivity index is 3.54. The van der Waals surface area contributed by atoms with Crippen molar-refractivity contribution in [1.82, 2.24) is 0 Å². The Labute approximate surface area is 166 Å². The number of esters is 2. The van der Waals surface area contributed by atoms with Gasteiger partial charge in [0.2, 0.25) is 11.6 Å². The van der Waals surface area contributed by atoms with Gasteiger partial charge in [0.05, 0.1) is 6.42 Å². The van der Waals surface area contributed by atoms with Gasteiger partial charge in [-0.2, -0.15) is 0 Å². The van der Waals surface area contributed by atoms with Crippen LogP contribution in [0.4, 0.5) is 35.1 Å². The lowest BCUT2D eigenvalue weighted by Crippen LogP contribution is -2.74. The first-order chi connectivity index (χ1) is 13.5. The van der Waals surface area contributed by atoms with Crippen LogP contribution in [0.1, 0.15) is 26.2 Å². The van der Waals surface area contributed by atoms with Gasteiger partial charge in [-0.3, -0.25) is 0 Å². The zero-order valence-corrected chi connectivity index (χ0v) is 15.8. The summed E-state index contributed by atoms with van der Waals surface area (Å²) in [4.78, 5) is 22.3. The molecule has 0 aromatic heterocycles. The highest BCUT2D eigenvalue weighted by Crippen LogP contribution is 2.60. The molecule has 4 atom stereocenters. The second-order valence-corrected chi connectivity index (χ2v) is 7.21. The van der Waals surface area contributed by atoms with Crippen molar-refractivity contribution in [2.45, 2.75) is 61.2 Å². The molecular formula is C18H20F8O4. The predicted octanol–water partition coefficient (Wildman–Crippen LogP) is 4.38. The molecule has 0 aliphatic heterocycles. The molecule has 0 amide bonds. The van der Waals surface area contributed by atoms with Gasteiger partial charge in [0.25, 0.3) is 5.92 Å². The van der Waals surface area contributed by atoms with Crippen LogP contribution in [0.15, 0.2) is 25.3 Å². The molecule has 0 radical (unpaired) electrons. The first-order valence-corrected chi connectivity index (χ1v) is 8.50. The number of halogens is 8. The summed E-state index contributed by atoms with van der Waals surface area (Å²) in [7, 11) is 0. The molecule has 0 aromatic rings. The molecule has 0 bridgehead atoms. The number of rotatable bonds is 9. The Kier molecular flexibility index (Phi) is 7.37. The van der Waals surface area contributed by atoms with E-state index in [2.05, 4.69) is 22.6 Å². The number of hydrogen-bond acceptors (Lipinski definition) is 4. The number of ether oxygens (including phenoxy) is 2. The second-order valence-electron chi connectivity index (χ2n) is 7.21. The summed E-state index contributed by atoms with van der Waals surface area (Å²) in [6.45, 7) is 2.29. The minimum Gasteiger partial charge on any atom is -0.459 e. The average molecular weight is 452 g/mol. The first kappa shape index (κ1) is 25.9. The lowest BCUT2D eigenvalue weighted by Gasteiger charge is -2.54. The van der Waals surface area contributed by atoms with E-state index in [0.717, 1.165) is 0 Å². The van der Waals surface area contributed by atoms with Crippen LogP contribution in [0, 0.1) is 0 Å². The molecule has 30 heavy (non-hydrogen) atoms. The van der Waals surface area contributed by atoms with Crippen LogP contribution in [-0.2, 0) is 19.1 Å². The van der Waals surface area contributed by atoms with Crippen LogP contribution >= 0.6 is 0 Å². The van der Waals surface area contributed by atoms with Crippen LogP contribution < -0.4 is 0 Å². The van der Waals surface area contributed by atoms with Gasteiger partial charge in [0, 0.05) is 25.0 Å². The minimum atomic E-state index is -4.70. The number of carbonyl (C=O) groups is 2. The van der Waals surface area contributed by atoms with Crippen molar-refractivity contribution < 1.29 is 54.2 Å². The van der Waals surface area contributed by atoms with Crippen molar-refractivity contribution in [2.24, 2.45) is 0 Å². The lowest BCUT2D eigenvalue weighted by molar-refractivity contribution is -0.282. The Bertz CT molecular complexity index is 690. The molecule has 1 aliphatic rings. The van der Waals surface area contributed by atoms with E-state index in [9.17, 15) is 31.5 Å². The summed E-state index contributed by atoms with van der Waals surface area (Å²) in [5.41, 5.74) is -13.5. The van der Waals surface area contributed by atoms with Gasteiger partial charge in [0.1, 0.15) is 13.2 Å². The maximum Gasteiger partial charge on any atom is 0.330 e. The van der Waals surface area contributed by atoms with Crippen LogP contribution in [0.2, 0.25) is 0 Å². The molecule has 0 saturated heterocycles. The maximum atomic E-state index is 15.8. The smallest absolute Gasteiger partial charge is 0.330 e. The molecular weight excluding hydrogens is 432 g/mol. The molecule has 0 N–H and O–H groups in total. The van der Waals surface area contributed by atoms with Gasteiger partial charge in [-0.15, -0.1) is 0 Å². The molecule has 1 aliphatic carbocycles. The predicted molar refractivity (Wildman–Crippen MR) is 88.1 cm³/mol. The van der Waals surface area contributed by atoms with Crippen molar-refractivity contribution in [2.75, 3.05) is 13.2 Å². The van der Waals surface area contributed by atoms with Crippen LogP contribution in [0.5, 0.6) is 0 Å². The highest BCUT2D eigenvalue weighted by atomic mass is 19.3. The Morgan fingerprint density at radius 2 is 1.47 bits per heavy atom. The average Bonchev–Trinajstić information content (AvgIpc) is 2.59. The Morgan fingerprint density at radius 3 is 1.93 bits per heavy atom. The van der Waals surface area contributed by atoms with Crippen LogP contribution in [-0.4, -0.2) is 60.2 Å². The fourth-order valence-electron chi connectivity index (χ4n) is 3.52. The number of hydrogen-bond donors (Lipinski definition) is 0. The maximum absolute atomic E-state index is 15.8. The van der Waals surface area contributed by atoms with E-state index >= 15 is 13.2 Å². The van der Waals surface area contributed by atoms with Gasteiger partial charge in [-0.05, 0) is 6.92 Å².